The Hall–Kier alpha value is -3.02. The Labute approximate surface area is 166 Å². The Kier molecular flexibility index (Phi) is 5.87. The second-order valence-corrected chi connectivity index (χ2v) is 7.90. The molecule has 6 heteroatoms. The number of hydrogen-bond donors (Lipinski definition) is 1. The Morgan fingerprint density at radius 1 is 0.857 bits per heavy atom. The normalized spacial score (nSPS) is 14.5. The molecule has 0 unspecified atom stereocenters. The SMILES string of the molecule is CC(C)(C)C(=O)N1CCN(C(=O)Nc2cccc(Oc3ccccc3)c2)CC1. The van der Waals surface area contributed by atoms with E-state index < -0.39 is 5.41 Å². The van der Waals surface area contributed by atoms with Gasteiger partial charge in [-0.3, -0.25) is 4.79 Å². The molecule has 0 radical (unpaired) electrons. The zero-order valence-corrected chi connectivity index (χ0v) is 16.6. The van der Waals surface area contributed by atoms with Crippen molar-refractivity contribution in [2.45, 2.75) is 20.8 Å². The van der Waals surface area contributed by atoms with E-state index in [0.29, 0.717) is 37.6 Å². The van der Waals surface area contributed by atoms with E-state index in [0.717, 1.165) is 5.75 Å². The van der Waals surface area contributed by atoms with E-state index >= 15 is 0 Å². The molecule has 3 amide bonds. The summed E-state index contributed by atoms with van der Waals surface area (Å²) in [7, 11) is 0. The molecule has 148 valence electrons. The summed E-state index contributed by atoms with van der Waals surface area (Å²) >= 11 is 0. The van der Waals surface area contributed by atoms with Gasteiger partial charge in [-0.2, -0.15) is 0 Å². The van der Waals surface area contributed by atoms with Gasteiger partial charge in [0.2, 0.25) is 5.91 Å². The van der Waals surface area contributed by atoms with Crippen molar-refractivity contribution in [2.24, 2.45) is 5.41 Å². The van der Waals surface area contributed by atoms with Crippen molar-refractivity contribution in [2.75, 3.05) is 31.5 Å². The van der Waals surface area contributed by atoms with Gasteiger partial charge >= 0.3 is 6.03 Å². The predicted molar refractivity (Wildman–Crippen MR) is 110 cm³/mol. The van der Waals surface area contributed by atoms with Crippen LogP contribution in [0.4, 0.5) is 10.5 Å². The van der Waals surface area contributed by atoms with Crippen molar-refractivity contribution < 1.29 is 14.3 Å². The number of rotatable bonds is 3. The van der Waals surface area contributed by atoms with Crippen LogP contribution in [0.15, 0.2) is 54.6 Å². The summed E-state index contributed by atoms with van der Waals surface area (Å²) in [4.78, 5) is 28.5. The summed E-state index contributed by atoms with van der Waals surface area (Å²) in [5, 5.41) is 2.92. The van der Waals surface area contributed by atoms with Crippen LogP contribution >= 0.6 is 0 Å². The minimum atomic E-state index is -0.399. The second-order valence-electron chi connectivity index (χ2n) is 7.90. The fourth-order valence-corrected chi connectivity index (χ4v) is 3.05. The van der Waals surface area contributed by atoms with Crippen LogP contribution in [0.2, 0.25) is 0 Å². The number of carbonyl (C=O) groups excluding carboxylic acids is 2. The first kappa shape index (κ1) is 19.7. The Morgan fingerprint density at radius 2 is 1.46 bits per heavy atom. The molecular formula is C22H27N3O3. The van der Waals surface area contributed by atoms with Gasteiger partial charge in [0.15, 0.2) is 0 Å². The number of benzene rings is 2. The van der Waals surface area contributed by atoms with Crippen molar-refractivity contribution in [3.63, 3.8) is 0 Å². The molecule has 6 nitrogen and oxygen atoms in total. The topological polar surface area (TPSA) is 61.9 Å². The highest BCUT2D eigenvalue weighted by molar-refractivity contribution is 5.90. The molecule has 0 bridgehead atoms. The van der Waals surface area contributed by atoms with Crippen molar-refractivity contribution >= 4 is 17.6 Å². The van der Waals surface area contributed by atoms with Crippen molar-refractivity contribution in [1.29, 1.82) is 0 Å². The van der Waals surface area contributed by atoms with E-state index in [1.54, 1.807) is 11.0 Å². The maximum Gasteiger partial charge on any atom is 0.321 e. The zero-order valence-electron chi connectivity index (χ0n) is 16.6. The smallest absolute Gasteiger partial charge is 0.321 e. The summed E-state index contributed by atoms with van der Waals surface area (Å²) < 4.78 is 5.81. The van der Waals surface area contributed by atoms with Crippen molar-refractivity contribution in [3.8, 4) is 11.5 Å². The summed E-state index contributed by atoms with van der Waals surface area (Å²) in [5.74, 6) is 1.52. The van der Waals surface area contributed by atoms with Crippen LogP contribution in [0.1, 0.15) is 20.8 Å². The van der Waals surface area contributed by atoms with Gasteiger partial charge in [0, 0.05) is 43.3 Å². The van der Waals surface area contributed by atoms with Crippen LogP contribution in [-0.2, 0) is 4.79 Å². The molecule has 2 aromatic carbocycles. The van der Waals surface area contributed by atoms with Crippen LogP contribution < -0.4 is 10.1 Å². The summed E-state index contributed by atoms with van der Waals surface area (Å²) in [6, 6.07) is 16.6. The maximum absolute atomic E-state index is 12.6. The third-order valence-corrected chi connectivity index (χ3v) is 4.56. The van der Waals surface area contributed by atoms with Crippen LogP contribution in [0.3, 0.4) is 0 Å². The number of nitrogens with zero attached hydrogens (tertiary/aromatic N) is 2. The van der Waals surface area contributed by atoms with Gasteiger partial charge in [0.05, 0.1) is 0 Å². The van der Waals surface area contributed by atoms with Crippen molar-refractivity contribution in [3.05, 3.63) is 54.6 Å². The standard InChI is InChI=1S/C22H27N3O3/c1-22(2,3)20(26)24-12-14-25(15-13-24)21(27)23-17-8-7-11-19(16-17)28-18-9-5-4-6-10-18/h4-11,16H,12-15H2,1-3H3,(H,23,27). The molecule has 1 heterocycles. The van der Waals surface area contributed by atoms with Gasteiger partial charge in [0.1, 0.15) is 11.5 Å². The van der Waals surface area contributed by atoms with Crippen molar-refractivity contribution in [1.82, 2.24) is 9.80 Å². The van der Waals surface area contributed by atoms with E-state index in [1.165, 1.54) is 0 Å². The lowest BCUT2D eigenvalue weighted by Gasteiger charge is -2.37. The molecule has 0 aliphatic carbocycles. The predicted octanol–water partition coefficient (Wildman–Crippen LogP) is 4.20. The second kappa shape index (κ2) is 8.33. The van der Waals surface area contributed by atoms with Gasteiger partial charge < -0.3 is 19.9 Å². The highest BCUT2D eigenvalue weighted by Gasteiger charge is 2.30. The number of urea groups is 1. The fourth-order valence-electron chi connectivity index (χ4n) is 3.05. The van der Waals surface area contributed by atoms with Gasteiger partial charge in [-0.1, -0.05) is 45.0 Å². The number of nitrogens with one attached hydrogen (secondary N) is 1. The van der Waals surface area contributed by atoms with E-state index in [9.17, 15) is 9.59 Å². The Morgan fingerprint density at radius 3 is 2.11 bits per heavy atom. The Bertz CT molecular complexity index is 822. The number of carbonyl (C=O) groups is 2. The zero-order chi connectivity index (χ0) is 20.1. The third-order valence-electron chi connectivity index (χ3n) is 4.56. The maximum atomic E-state index is 12.6. The molecular weight excluding hydrogens is 354 g/mol. The average Bonchev–Trinajstić information content (AvgIpc) is 2.68. The molecule has 1 fully saturated rings. The van der Waals surface area contributed by atoms with E-state index in [1.807, 2.05) is 74.2 Å². The van der Waals surface area contributed by atoms with E-state index in [2.05, 4.69) is 5.32 Å². The molecule has 1 aliphatic rings. The lowest BCUT2D eigenvalue weighted by molar-refractivity contribution is -0.140. The first-order valence-corrected chi connectivity index (χ1v) is 9.51. The molecule has 1 saturated heterocycles. The van der Waals surface area contributed by atoms with Gasteiger partial charge in [-0.15, -0.1) is 0 Å². The van der Waals surface area contributed by atoms with Crippen LogP contribution in [0.5, 0.6) is 11.5 Å². The van der Waals surface area contributed by atoms with Gasteiger partial charge in [-0.25, -0.2) is 4.79 Å². The lowest BCUT2D eigenvalue weighted by atomic mass is 9.94. The van der Waals surface area contributed by atoms with Crippen LogP contribution in [0.25, 0.3) is 0 Å². The van der Waals surface area contributed by atoms with E-state index in [4.69, 9.17) is 4.74 Å². The molecule has 1 aliphatic heterocycles. The number of ether oxygens (including phenoxy) is 1. The quantitative estimate of drug-likeness (QED) is 0.867. The fraction of sp³-hybridized carbons (Fsp3) is 0.364. The first-order valence-electron chi connectivity index (χ1n) is 9.51. The molecule has 0 saturated carbocycles. The first-order chi connectivity index (χ1) is 13.3. The molecule has 0 atom stereocenters. The van der Waals surface area contributed by atoms with E-state index in [-0.39, 0.29) is 11.9 Å². The molecule has 0 spiro atoms. The third kappa shape index (κ3) is 5.03. The van der Waals surface area contributed by atoms with Crippen LogP contribution in [0, 0.1) is 5.41 Å². The summed E-state index contributed by atoms with van der Waals surface area (Å²) in [6.45, 7) is 7.90. The highest BCUT2D eigenvalue weighted by atomic mass is 16.5. The number of anilines is 1. The summed E-state index contributed by atoms with van der Waals surface area (Å²) in [6.07, 6.45) is 0. The largest absolute Gasteiger partial charge is 0.457 e. The van der Waals surface area contributed by atoms with Gasteiger partial charge in [-0.05, 0) is 24.3 Å². The molecule has 28 heavy (non-hydrogen) atoms. The molecule has 3 rings (SSSR count). The number of piperazine rings is 1. The minimum absolute atomic E-state index is 0.123. The minimum Gasteiger partial charge on any atom is -0.457 e. The van der Waals surface area contributed by atoms with Gasteiger partial charge in [0.25, 0.3) is 0 Å². The molecule has 1 N–H and O–H groups in total. The number of para-hydroxylation sites is 1. The molecule has 0 aromatic heterocycles. The lowest BCUT2D eigenvalue weighted by Crippen LogP contribution is -2.53. The Balaban J connectivity index is 1.55. The molecule has 2 aromatic rings. The van der Waals surface area contributed by atoms with Crippen LogP contribution in [-0.4, -0.2) is 47.9 Å². The monoisotopic (exact) mass is 381 g/mol. The average molecular weight is 381 g/mol. The summed E-state index contributed by atoms with van der Waals surface area (Å²) in [5.41, 5.74) is 0.274. The highest BCUT2D eigenvalue weighted by Crippen LogP contribution is 2.24. The number of hydrogen-bond acceptors (Lipinski definition) is 3. The number of amides is 3.